The highest BCUT2D eigenvalue weighted by molar-refractivity contribution is 6.09. The van der Waals surface area contributed by atoms with Crippen molar-refractivity contribution in [3.8, 4) is 0 Å². The van der Waals surface area contributed by atoms with E-state index in [-0.39, 0.29) is 24.1 Å². The van der Waals surface area contributed by atoms with Crippen molar-refractivity contribution in [1.29, 1.82) is 0 Å². The Morgan fingerprint density at radius 2 is 1.69 bits per heavy atom. The van der Waals surface area contributed by atoms with E-state index in [0.717, 1.165) is 11.4 Å². The van der Waals surface area contributed by atoms with E-state index in [2.05, 4.69) is 25.9 Å². The molecule has 3 heterocycles. The van der Waals surface area contributed by atoms with E-state index < -0.39 is 0 Å². The van der Waals surface area contributed by atoms with Gasteiger partial charge in [0.1, 0.15) is 12.2 Å². The third-order valence-electron chi connectivity index (χ3n) is 4.13. The molecule has 0 saturated heterocycles. The summed E-state index contributed by atoms with van der Waals surface area (Å²) in [6.07, 6.45) is 4.64. The first-order chi connectivity index (χ1) is 12.4. The molecule has 26 heavy (non-hydrogen) atoms. The van der Waals surface area contributed by atoms with E-state index >= 15 is 0 Å². The van der Waals surface area contributed by atoms with Crippen molar-refractivity contribution in [3.05, 3.63) is 41.7 Å². The number of carbonyl (C=O) groups is 2. The van der Waals surface area contributed by atoms with Gasteiger partial charge in [0.2, 0.25) is 5.91 Å². The fraction of sp³-hybridized carbons (Fsp3) is 0.312. The first-order valence-corrected chi connectivity index (χ1v) is 7.97. The van der Waals surface area contributed by atoms with Gasteiger partial charge in [-0.3, -0.25) is 23.6 Å². The van der Waals surface area contributed by atoms with Crippen LogP contribution in [0.2, 0.25) is 0 Å². The van der Waals surface area contributed by atoms with E-state index in [9.17, 15) is 9.59 Å². The molecule has 0 aliphatic carbocycles. The molecule has 0 spiro atoms. The maximum atomic E-state index is 12.7. The molecular formula is C16H20N8O2. The lowest BCUT2D eigenvalue weighted by molar-refractivity contribution is -0.116. The quantitative estimate of drug-likeness (QED) is 0.704. The Labute approximate surface area is 149 Å². The second kappa shape index (κ2) is 6.82. The van der Waals surface area contributed by atoms with E-state index in [1.807, 2.05) is 19.9 Å². The summed E-state index contributed by atoms with van der Waals surface area (Å²) in [5.74, 6) is -0.678. The van der Waals surface area contributed by atoms with Gasteiger partial charge in [-0.05, 0) is 19.9 Å². The zero-order chi connectivity index (χ0) is 18.8. The van der Waals surface area contributed by atoms with Gasteiger partial charge in [0.25, 0.3) is 5.91 Å². The number of nitrogens with zero attached hydrogens (tertiary/aromatic N) is 6. The van der Waals surface area contributed by atoms with E-state index in [1.165, 1.54) is 10.9 Å². The fourth-order valence-electron chi connectivity index (χ4n) is 2.49. The summed E-state index contributed by atoms with van der Waals surface area (Å²) in [6.45, 7) is 3.76. The van der Waals surface area contributed by atoms with Crippen LogP contribution in [0.25, 0.3) is 0 Å². The number of rotatable bonds is 5. The fourth-order valence-corrected chi connectivity index (χ4v) is 2.49. The van der Waals surface area contributed by atoms with Gasteiger partial charge in [0, 0.05) is 26.0 Å². The van der Waals surface area contributed by atoms with Crippen LogP contribution in [0.1, 0.15) is 21.9 Å². The average molecular weight is 356 g/mol. The molecular weight excluding hydrogens is 336 g/mol. The summed E-state index contributed by atoms with van der Waals surface area (Å²) < 4.78 is 4.65. The number of nitrogens with one attached hydrogen (secondary N) is 2. The number of hydrogen-bond donors (Lipinski definition) is 2. The molecule has 0 radical (unpaired) electrons. The van der Waals surface area contributed by atoms with Gasteiger partial charge >= 0.3 is 0 Å². The molecule has 0 aliphatic heterocycles. The Morgan fingerprint density at radius 3 is 2.31 bits per heavy atom. The van der Waals surface area contributed by atoms with Crippen molar-refractivity contribution in [2.75, 3.05) is 10.6 Å². The van der Waals surface area contributed by atoms with Crippen LogP contribution in [-0.4, -0.2) is 41.2 Å². The number of carbonyl (C=O) groups excluding carboxylic acids is 2. The second-order valence-electron chi connectivity index (χ2n) is 5.93. The number of anilines is 2. The predicted molar refractivity (Wildman–Crippen MR) is 94.7 cm³/mol. The second-order valence-corrected chi connectivity index (χ2v) is 5.93. The monoisotopic (exact) mass is 356 g/mol. The van der Waals surface area contributed by atoms with Crippen LogP contribution in [0, 0.1) is 13.8 Å². The molecule has 2 amide bonds. The van der Waals surface area contributed by atoms with Gasteiger partial charge < -0.3 is 10.6 Å². The Balaban J connectivity index is 1.76. The molecule has 0 unspecified atom stereocenters. The number of aromatic nitrogens is 6. The molecule has 10 nitrogen and oxygen atoms in total. The summed E-state index contributed by atoms with van der Waals surface area (Å²) in [4.78, 5) is 24.9. The van der Waals surface area contributed by atoms with Crippen LogP contribution in [0.4, 0.5) is 11.4 Å². The third-order valence-corrected chi connectivity index (χ3v) is 4.13. The molecule has 2 N–H and O–H groups in total. The number of hydrogen-bond acceptors (Lipinski definition) is 5. The summed E-state index contributed by atoms with van der Waals surface area (Å²) in [7, 11) is 3.43. The minimum atomic E-state index is -0.383. The largest absolute Gasteiger partial charge is 0.321 e. The Hall–Kier alpha value is -3.43. The molecule has 10 heteroatoms. The van der Waals surface area contributed by atoms with Crippen LogP contribution >= 0.6 is 0 Å². The average Bonchev–Trinajstić information content (AvgIpc) is 3.24. The Bertz CT molecular complexity index is 965. The SMILES string of the molecule is Cc1c(NC(=O)c2c(NC(=O)Cn3nccc3C)cnn2C)cnn1C. The lowest BCUT2D eigenvalue weighted by Crippen LogP contribution is -2.23. The summed E-state index contributed by atoms with van der Waals surface area (Å²) in [6, 6.07) is 1.81. The minimum Gasteiger partial charge on any atom is -0.321 e. The van der Waals surface area contributed by atoms with Crippen molar-refractivity contribution in [1.82, 2.24) is 29.3 Å². The zero-order valence-electron chi connectivity index (χ0n) is 15.0. The highest BCUT2D eigenvalue weighted by atomic mass is 16.2. The van der Waals surface area contributed by atoms with Crippen LogP contribution in [0.15, 0.2) is 24.7 Å². The molecule has 0 fully saturated rings. The van der Waals surface area contributed by atoms with Crippen molar-refractivity contribution < 1.29 is 9.59 Å². The summed E-state index contributed by atoms with van der Waals surface area (Å²) in [5, 5.41) is 17.7. The van der Waals surface area contributed by atoms with Gasteiger partial charge in [-0.1, -0.05) is 0 Å². The molecule has 0 saturated carbocycles. The molecule has 0 atom stereocenters. The van der Waals surface area contributed by atoms with E-state index in [1.54, 1.807) is 35.9 Å². The van der Waals surface area contributed by atoms with Crippen LogP contribution in [0.3, 0.4) is 0 Å². The van der Waals surface area contributed by atoms with Crippen molar-refractivity contribution >= 4 is 23.2 Å². The Morgan fingerprint density at radius 1 is 1.00 bits per heavy atom. The molecule has 0 bridgehead atoms. The minimum absolute atomic E-state index is 0.0521. The lowest BCUT2D eigenvalue weighted by atomic mass is 10.3. The summed E-state index contributed by atoms with van der Waals surface area (Å²) >= 11 is 0. The maximum absolute atomic E-state index is 12.7. The van der Waals surface area contributed by atoms with E-state index in [4.69, 9.17) is 0 Å². The highest BCUT2D eigenvalue weighted by Crippen LogP contribution is 2.18. The van der Waals surface area contributed by atoms with Gasteiger partial charge in [-0.15, -0.1) is 0 Å². The normalized spacial score (nSPS) is 10.8. The molecule has 136 valence electrons. The molecule has 0 aromatic carbocycles. The lowest BCUT2D eigenvalue weighted by Gasteiger charge is -2.09. The third kappa shape index (κ3) is 3.34. The topological polar surface area (TPSA) is 112 Å². The zero-order valence-corrected chi connectivity index (χ0v) is 15.0. The smallest absolute Gasteiger partial charge is 0.276 e. The Kier molecular flexibility index (Phi) is 4.57. The predicted octanol–water partition coefficient (Wildman–Crippen LogP) is 0.858. The van der Waals surface area contributed by atoms with E-state index in [0.29, 0.717) is 11.4 Å². The van der Waals surface area contributed by atoms with Gasteiger partial charge in [-0.2, -0.15) is 15.3 Å². The number of amides is 2. The van der Waals surface area contributed by atoms with Gasteiger partial charge in [0.05, 0.1) is 29.5 Å². The number of aryl methyl sites for hydroxylation is 3. The molecule has 3 rings (SSSR count). The van der Waals surface area contributed by atoms with Crippen LogP contribution < -0.4 is 10.6 Å². The van der Waals surface area contributed by atoms with Crippen molar-refractivity contribution in [2.45, 2.75) is 20.4 Å². The first kappa shape index (κ1) is 17.4. The van der Waals surface area contributed by atoms with Crippen molar-refractivity contribution in [3.63, 3.8) is 0 Å². The van der Waals surface area contributed by atoms with Crippen molar-refractivity contribution in [2.24, 2.45) is 14.1 Å². The van der Waals surface area contributed by atoms with Gasteiger partial charge in [0.15, 0.2) is 0 Å². The molecule has 3 aromatic heterocycles. The molecule has 3 aromatic rings. The van der Waals surface area contributed by atoms with Crippen LogP contribution in [0.5, 0.6) is 0 Å². The standard InChI is InChI=1S/C16H20N8O2/c1-10-5-6-17-24(10)9-14(25)20-13-8-19-23(4)15(13)16(26)21-12-7-18-22(3)11(12)2/h5-8H,9H2,1-4H3,(H,20,25)(H,21,26). The first-order valence-electron chi connectivity index (χ1n) is 7.97. The van der Waals surface area contributed by atoms with Gasteiger partial charge in [-0.25, -0.2) is 0 Å². The summed E-state index contributed by atoms with van der Waals surface area (Å²) in [5.41, 5.74) is 2.87. The highest BCUT2D eigenvalue weighted by Gasteiger charge is 2.20. The maximum Gasteiger partial charge on any atom is 0.276 e. The molecule has 0 aliphatic rings. The van der Waals surface area contributed by atoms with Crippen LogP contribution in [-0.2, 0) is 25.4 Å².